The first-order valence-corrected chi connectivity index (χ1v) is 6.48. The second-order valence-electron chi connectivity index (χ2n) is 4.95. The second kappa shape index (κ2) is 5.48. The molecular formula is C14H22N2O2. The summed E-state index contributed by atoms with van der Waals surface area (Å²) in [6.07, 6.45) is 3.89. The van der Waals surface area contributed by atoms with Crippen LogP contribution in [0.5, 0.6) is 5.75 Å². The first-order valence-electron chi connectivity index (χ1n) is 6.48. The van der Waals surface area contributed by atoms with Crippen LogP contribution >= 0.6 is 0 Å². The van der Waals surface area contributed by atoms with E-state index in [1.807, 2.05) is 25.2 Å². The van der Waals surface area contributed by atoms with Gasteiger partial charge in [-0.05, 0) is 25.0 Å². The van der Waals surface area contributed by atoms with Crippen LogP contribution in [0.2, 0.25) is 0 Å². The van der Waals surface area contributed by atoms with E-state index >= 15 is 0 Å². The van der Waals surface area contributed by atoms with Crippen LogP contribution in [0.25, 0.3) is 0 Å². The Kier molecular flexibility index (Phi) is 3.97. The van der Waals surface area contributed by atoms with Crippen molar-refractivity contribution in [3.8, 4) is 5.75 Å². The third-order valence-electron chi connectivity index (χ3n) is 3.81. The number of hydrogen-bond donors (Lipinski definition) is 2. The fraction of sp³-hybridized carbons (Fsp3) is 0.571. The molecule has 4 nitrogen and oxygen atoms in total. The van der Waals surface area contributed by atoms with Crippen molar-refractivity contribution < 1.29 is 9.84 Å². The average molecular weight is 250 g/mol. The van der Waals surface area contributed by atoms with E-state index in [2.05, 4.69) is 4.90 Å². The van der Waals surface area contributed by atoms with Crippen molar-refractivity contribution in [1.82, 2.24) is 0 Å². The van der Waals surface area contributed by atoms with E-state index in [9.17, 15) is 5.11 Å². The lowest BCUT2D eigenvalue weighted by atomic mass is 9.91. The molecule has 1 aromatic rings. The summed E-state index contributed by atoms with van der Waals surface area (Å²) < 4.78 is 5.23. The molecule has 1 aliphatic rings. The summed E-state index contributed by atoms with van der Waals surface area (Å²) in [6.45, 7) is 0. The van der Waals surface area contributed by atoms with Gasteiger partial charge in [-0.1, -0.05) is 12.8 Å². The second-order valence-corrected chi connectivity index (χ2v) is 4.95. The minimum absolute atomic E-state index is 0.146. The molecule has 1 fully saturated rings. The molecule has 0 spiro atoms. The minimum Gasteiger partial charge on any atom is -0.497 e. The molecule has 0 heterocycles. The summed E-state index contributed by atoms with van der Waals surface area (Å²) in [7, 11) is 3.63. The zero-order valence-electron chi connectivity index (χ0n) is 11.1. The van der Waals surface area contributed by atoms with Crippen molar-refractivity contribution >= 4 is 11.4 Å². The molecule has 2 rings (SSSR count). The lowest BCUT2D eigenvalue weighted by molar-refractivity contribution is 0.106. The van der Waals surface area contributed by atoms with Crippen molar-refractivity contribution in [3.05, 3.63) is 18.2 Å². The van der Waals surface area contributed by atoms with Crippen molar-refractivity contribution in [2.75, 3.05) is 24.8 Å². The monoisotopic (exact) mass is 250 g/mol. The predicted octanol–water partition coefficient (Wildman–Crippen LogP) is 2.02. The van der Waals surface area contributed by atoms with Crippen LogP contribution < -0.4 is 15.4 Å². The lowest BCUT2D eigenvalue weighted by Gasteiger charge is -2.37. The molecule has 0 radical (unpaired) electrons. The van der Waals surface area contributed by atoms with Crippen LogP contribution in [0.15, 0.2) is 18.2 Å². The normalized spacial score (nSPS) is 23.7. The van der Waals surface area contributed by atoms with Gasteiger partial charge >= 0.3 is 0 Å². The van der Waals surface area contributed by atoms with Gasteiger partial charge in [-0.25, -0.2) is 0 Å². The van der Waals surface area contributed by atoms with Crippen LogP contribution in [0.4, 0.5) is 11.4 Å². The quantitative estimate of drug-likeness (QED) is 0.806. The van der Waals surface area contributed by atoms with Crippen LogP contribution in [0, 0.1) is 0 Å². The summed E-state index contributed by atoms with van der Waals surface area (Å²) in [4.78, 5) is 2.08. The molecule has 100 valence electrons. The van der Waals surface area contributed by atoms with Crippen LogP contribution in [-0.2, 0) is 0 Å². The number of aliphatic hydroxyl groups is 1. The minimum atomic E-state index is -0.269. The molecule has 1 aliphatic carbocycles. The highest BCUT2D eigenvalue weighted by Gasteiger charge is 2.27. The Labute approximate surface area is 108 Å². The molecule has 0 bridgehead atoms. The number of nitrogens with two attached hydrogens (primary N) is 1. The SMILES string of the molecule is COc1ccc(N)c(N(C)C2CCCCC2O)c1. The molecule has 1 aromatic carbocycles. The number of nitrogens with zero attached hydrogens (tertiary/aromatic N) is 1. The van der Waals surface area contributed by atoms with E-state index in [1.54, 1.807) is 7.11 Å². The van der Waals surface area contributed by atoms with Crippen molar-refractivity contribution in [1.29, 1.82) is 0 Å². The summed E-state index contributed by atoms with van der Waals surface area (Å²) in [6, 6.07) is 5.77. The Balaban J connectivity index is 2.23. The van der Waals surface area contributed by atoms with Gasteiger partial charge in [0.05, 0.1) is 30.6 Å². The molecule has 18 heavy (non-hydrogen) atoms. The van der Waals surface area contributed by atoms with Gasteiger partial charge in [0.2, 0.25) is 0 Å². The van der Waals surface area contributed by atoms with Gasteiger partial charge in [-0.2, -0.15) is 0 Å². The maximum atomic E-state index is 10.1. The van der Waals surface area contributed by atoms with Crippen LogP contribution in [0.1, 0.15) is 25.7 Å². The van der Waals surface area contributed by atoms with E-state index < -0.39 is 0 Å². The number of hydrogen-bond acceptors (Lipinski definition) is 4. The maximum Gasteiger partial charge on any atom is 0.121 e. The highest BCUT2D eigenvalue weighted by molar-refractivity contribution is 5.69. The molecule has 1 saturated carbocycles. The molecule has 0 aromatic heterocycles. The van der Waals surface area contributed by atoms with E-state index in [4.69, 9.17) is 10.5 Å². The molecule has 2 unspecified atom stereocenters. The zero-order chi connectivity index (χ0) is 13.1. The van der Waals surface area contributed by atoms with Crippen LogP contribution in [-0.4, -0.2) is 31.4 Å². The van der Waals surface area contributed by atoms with Gasteiger partial charge in [0.1, 0.15) is 5.75 Å². The van der Waals surface area contributed by atoms with Gasteiger partial charge in [-0.3, -0.25) is 0 Å². The largest absolute Gasteiger partial charge is 0.497 e. The van der Waals surface area contributed by atoms with E-state index in [0.717, 1.165) is 42.8 Å². The highest BCUT2D eigenvalue weighted by Crippen LogP contribution is 2.32. The van der Waals surface area contributed by atoms with Crippen molar-refractivity contribution in [2.45, 2.75) is 37.8 Å². The standard InChI is InChI=1S/C14H22N2O2/c1-16(12-5-3-4-6-14(12)17)13-9-10(18-2)7-8-11(13)15/h7-9,12,14,17H,3-6,15H2,1-2H3. The summed E-state index contributed by atoms with van der Waals surface area (Å²) in [5.74, 6) is 0.788. The number of aliphatic hydroxyl groups excluding tert-OH is 1. The van der Waals surface area contributed by atoms with E-state index in [-0.39, 0.29) is 12.1 Å². The Morgan fingerprint density at radius 2 is 2.06 bits per heavy atom. The fourth-order valence-corrected chi connectivity index (χ4v) is 2.68. The maximum absolute atomic E-state index is 10.1. The first kappa shape index (κ1) is 13.0. The molecule has 0 aliphatic heterocycles. The Bertz CT molecular complexity index is 409. The Morgan fingerprint density at radius 1 is 1.33 bits per heavy atom. The number of rotatable bonds is 3. The van der Waals surface area contributed by atoms with Gasteiger partial charge in [0.25, 0.3) is 0 Å². The number of anilines is 2. The van der Waals surface area contributed by atoms with Gasteiger partial charge in [-0.15, -0.1) is 0 Å². The number of likely N-dealkylation sites (N-methyl/N-ethyl adjacent to an activating group) is 1. The highest BCUT2D eigenvalue weighted by atomic mass is 16.5. The Hall–Kier alpha value is -1.42. The molecule has 3 N–H and O–H groups in total. The van der Waals surface area contributed by atoms with Gasteiger partial charge in [0.15, 0.2) is 0 Å². The number of nitrogen functional groups attached to an aromatic ring is 1. The molecule has 0 saturated heterocycles. The van der Waals surface area contributed by atoms with Gasteiger partial charge in [0, 0.05) is 13.1 Å². The summed E-state index contributed by atoms with van der Waals surface area (Å²) in [5, 5.41) is 10.1. The molecule has 0 amide bonds. The third kappa shape index (κ3) is 2.53. The predicted molar refractivity (Wildman–Crippen MR) is 74.1 cm³/mol. The lowest BCUT2D eigenvalue weighted by Crippen LogP contribution is -2.43. The third-order valence-corrected chi connectivity index (χ3v) is 3.81. The van der Waals surface area contributed by atoms with Gasteiger partial charge < -0.3 is 20.5 Å². The summed E-state index contributed by atoms with van der Waals surface area (Å²) >= 11 is 0. The number of methoxy groups -OCH3 is 1. The number of benzene rings is 1. The summed E-state index contributed by atoms with van der Waals surface area (Å²) in [5.41, 5.74) is 7.67. The average Bonchev–Trinajstić information content (AvgIpc) is 2.39. The Morgan fingerprint density at radius 3 is 2.72 bits per heavy atom. The smallest absolute Gasteiger partial charge is 0.121 e. The van der Waals surface area contributed by atoms with Crippen molar-refractivity contribution in [3.63, 3.8) is 0 Å². The first-order chi connectivity index (χ1) is 8.63. The van der Waals surface area contributed by atoms with E-state index in [0.29, 0.717) is 0 Å². The van der Waals surface area contributed by atoms with E-state index in [1.165, 1.54) is 0 Å². The molecular weight excluding hydrogens is 228 g/mol. The van der Waals surface area contributed by atoms with Crippen molar-refractivity contribution in [2.24, 2.45) is 0 Å². The molecule has 2 atom stereocenters. The van der Waals surface area contributed by atoms with Crippen LogP contribution in [0.3, 0.4) is 0 Å². The zero-order valence-corrected chi connectivity index (χ0v) is 11.1. The fourth-order valence-electron chi connectivity index (χ4n) is 2.68. The number of ether oxygens (including phenoxy) is 1. The molecule has 4 heteroatoms. The topological polar surface area (TPSA) is 58.7 Å².